The molecule has 110 valence electrons. The van der Waals surface area contributed by atoms with Gasteiger partial charge in [-0.25, -0.2) is 0 Å². The number of nitrogens with one attached hydrogen (secondary N) is 2. The van der Waals surface area contributed by atoms with Crippen LogP contribution in [0.15, 0.2) is 0 Å². The first-order chi connectivity index (χ1) is 9.05. The summed E-state index contributed by atoms with van der Waals surface area (Å²) in [6, 6.07) is -0.496. The maximum Gasteiger partial charge on any atom is 0.242 e. The first kappa shape index (κ1) is 16.0. The first-order valence-corrected chi connectivity index (χ1v) is 7.34. The van der Waals surface area contributed by atoms with E-state index in [-0.39, 0.29) is 11.8 Å². The van der Waals surface area contributed by atoms with E-state index < -0.39 is 11.5 Å². The number of rotatable bonds is 6. The lowest BCUT2D eigenvalue weighted by Gasteiger charge is -2.35. The summed E-state index contributed by atoms with van der Waals surface area (Å²) in [7, 11) is 0. The van der Waals surface area contributed by atoms with E-state index in [4.69, 9.17) is 5.73 Å². The molecule has 19 heavy (non-hydrogen) atoms. The molecule has 1 aliphatic rings. The van der Waals surface area contributed by atoms with Crippen molar-refractivity contribution in [2.75, 3.05) is 13.1 Å². The van der Waals surface area contributed by atoms with Crippen LogP contribution < -0.4 is 16.4 Å². The Morgan fingerprint density at radius 1 is 1.26 bits per heavy atom. The van der Waals surface area contributed by atoms with Gasteiger partial charge in [0.25, 0.3) is 0 Å². The second-order valence-electron chi connectivity index (χ2n) is 5.53. The highest BCUT2D eigenvalue weighted by molar-refractivity contribution is 5.90. The molecular formula is C14H27N3O2. The molecule has 0 bridgehead atoms. The van der Waals surface area contributed by atoms with Gasteiger partial charge in [0, 0.05) is 13.1 Å². The molecule has 0 spiro atoms. The molecule has 0 radical (unpaired) electrons. The van der Waals surface area contributed by atoms with Gasteiger partial charge in [-0.1, -0.05) is 26.2 Å². The summed E-state index contributed by atoms with van der Waals surface area (Å²) in [4.78, 5) is 24.1. The number of carbonyl (C=O) groups is 2. The first-order valence-electron chi connectivity index (χ1n) is 7.34. The SMILES string of the molecule is CCCNC(=O)C(C)NC(=O)C1(CN)CCCCC1. The highest BCUT2D eigenvalue weighted by Crippen LogP contribution is 2.35. The Hall–Kier alpha value is -1.10. The van der Waals surface area contributed by atoms with Gasteiger partial charge in [-0.3, -0.25) is 9.59 Å². The van der Waals surface area contributed by atoms with Crippen LogP contribution in [0, 0.1) is 5.41 Å². The molecule has 0 aromatic carbocycles. The molecule has 2 amide bonds. The van der Waals surface area contributed by atoms with E-state index in [0.29, 0.717) is 13.1 Å². The fourth-order valence-corrected chi connectivity index (χ4v) is 2.57. The van der Waals surface area contributed by atoms with Crippen molar-refractivity contribution in [1.29, 1.82) is 0 Å². The minimum Gasteiger partial charge on any atom is -0.354 e. The number of nitrogens with two attached hydrogens (primary N) is 1. The zero-order valence-corrected chi connectivity index (χ0v) is 12.1. The zero-order valence-electron chi connectivity index (χ0n) is 12.1. The van der Waals surface area contributed by atoms with E-state index >= 15 is 0 Å². The van der Waals surface area contributed by atoms with Gasteiger partial charge in [0.15, 0.2) is 0 Å². The van der Waals surface area contributed by atoms with Crippen molar-refractivity contribution in [3.05, 3.63) is 0 Å². The monoisotopic (exact) mass is 269 g/mol. The van der Waals surface area contributed by atoms with Crippen LogP contribution in [-0.4, -0.2) is 30.9 Å². The molecular weight excluding hydrogens is 242 g/mol. The van der Waals surface area contributed by atoms with E-state index in [0.717, 1.165) is 32.1 Å². The van der Waals surface area contributed by atoms with Gasteiger partial charge in [-0.2, -0.15) is 0 Å². The molecule has 1 unspecified atom stereocenters. The van der Waals surface area contributed by atoms with E-state index in [9.17, 15) is 9.59 Å². The summed E-state index contributed by atoms with van der Waals surface area (Å²) in [5, 5.41) is 5.61. The molecule has 4 N–H and O–H groups in total. The smallest absolute Gasteiger partial charge is 0.242 e. The van der Waals surface area contributed by atoms with E-state index in [1.807, 2.05) is 6.92 Å². The lowest BCUT2D eigenvalue weighted by atomic mass is 9.73. The summed E-state index contributed by atoms with van der Waals surface area (Å²) in [6.45, 7) is 4.72. The van der Waals surface area contributed by atoms with Gasteiger partial charge >= 0.3 is 0 Å². The summed E-state index contributed by atoms with van der Waals surface area (Å²) >= 11 is 0. The second-order valence-corrected chi connectivity index (χ2v) is 5.53. The molecule has 1 fully saturated rings. The molecule has 1 atom stereocenters. The fourth-order valence-electron chi connectivity index (χ4n) is 2.57. The molecule has 1 rings (SSSR count). The Balaban J connectivity index is 2.54. The maximum atomic E-state index is 12.4. The molecule has 0 aliphatic heterocycles. The quantitative estimate of drug-likeness (QED) is 0.670. The average molecular weight is 269 g/mol. The van der Waals surface area contributed by atoms with Crippen molar-refractivity contribution >= 4 is 11.8 Å². The third kappa shape index (κ3) is 4.20. The molecule has 5 nitrogen and oxygen atoms in total. The largest absolute Gasteiger partial charge is 0.354 e. The topological polar surface area (TPSA) is 84.2 Å². The van der Waals surface area contributed by atoms with Crippen LogP contribution in [0.5, 0.6) is 0 Å². The molecule has 0 aromatic rings. The Morgan fingerprint density at radius 2 is 1.89 bits per heavy atom. The number of hydrogen-bond acceptors (Lipinski definition) is 3. The number of amides is 2. The van der Waals surface area contributed by atoms with Gasteiger partial charge < -0.3 is 16.4 Å². The maximum absolute atomic E-state index is 12.4. The van der Waals surface area contributed by atoms with E-state index in [2.05, 4.69) is 10.6 Å². The number of hydrogen-bond donors (Lipinski definition) is 3. The highest BCUT2D eigenvalue weighted by atomic mass is 16.2. The van der Waals surface area contributed by atoms with Gasteiger partial charge in [-0.15, -0.1) is 0 Å². The Bertz CT molecular complexity index is 312. The van der Waals surface area contributed by atoms with Crippen molar-refractivity contribution in [1.82, 2.24) is 10.6 Å². The van der Waals surface area contributed by atoms with Crippen molar-refractivity contribution in [3.63, 3.8) is 0 Å². The van der Waals surface area contributed by atoms with E-state index in [1.165, 1.54) is 6.42 Å². The van der Waals surface area contributed by atoms with Crippen LogP contribution in [0.4, 0.5) is 0 Å². The Labute approximate surface area is 115 Å². The minimum absolute atomic E-state index is 0.0613. The molecule has 1 saturated carbocycles. The summed E-state index contributed by atoms with van der Waals surface area (Å²) in [5.41, 5.74) is 5.35. The lowest BCUT2D eigenvalue weighted by Crippen LogP contribution is -2.53. The standard InChI is InChI=1S/C14H27N3O2/c1-3-9-16-12(18)11(2)17-13(19)14(10-15)7-5-4-6-8-14/h11H,3-10,15H2,1-2H3,(H,16,18)(H,17,19). The predicted molar refractivity (Wildman–Crippen MR) is 75.5 cm³/mol. The van der Waals surface area contributed by atoms with Crippen LogP contribution >= 0.6 is 0 Å². The average Bonchev–Trinajstić information content (AvgIpc) is 2.45. The van der Waals surface area contributed by atoms with E-state index in [1.54, 1.807) is 6.92 Å². The van der Waals surface area contributed by atoms with Crippen LogP contribution in [0.3, 0.4) is 0 Å². The molecule has 0 heterocycles. The third-order valence-electron chi connectivity index (χ3n) is 3.97. The minimum atomic E-state index is -0.496. The van der Waals surface area contributed by atoms with Crippen LogP contribution in [0.2, 0.25) is 0 Å². The Kier molecular flexibility index (Phi) is 6.28. The molecule has 0 aromatic heterocycles. The lowest BCUT2D eigenvalue weighted by molar-refractivity contribution is -0.136. The summed E-state index contributed by atoms with van der Waals surface area (Å²) in [6.07, 6.45) is 5.81. The van der Waals surface area contributed by atoms with Gasteiger partial charge in [0.05, 0.1) is 5.41 Å². The van der Waals surface area contributed by atoms with Crippen molar-refractivity contribution in [2.45, 2.75) is 58.4 Å². The fraction of sp³-hybridized carbons (Fsp3) is 0.857. The second kappa shape index (κ2) is 7.48. The highest BCUT2D eigenvalue weighted by Gasteiger charge is 2.39. The van der Waals surface area contributed by atoms with Crippen molar-refractivity contribution in [3.8, 4) is 0 Å². The van der Waals surface area contributed by atoms with Crippen LogP contribution in [0.1, 0.15) is 52.4 Å². The van der Waals surface area contributed by atoms with Crippen LogP contribution in [0.25, 0.3) is 0 Å². The molecule has 0 saturated heterocycles. The summed E-state index contributed by atoms with van der Waals surface area (Å²) < 4.78 is 0. The Morgan fingerprint density at radius 3 is 2.42 bits per heavy atom. The molecule has 1 aliphatic carbocycles. The van der Waals surface area contributed by atoms with Crippen LogP contribution in [-0.2, 0) is 9.59 Å². The van der Waals surface area contributed by atoms with Crippen molar-refractivity contribution in [2.24, 2.45) is 11.1 Å². The predicted octanol–water partition coefficient (Wildman–Crippen LogP) is 0.927. The van der Waals surface area contributed by atoms with Gasteiger partial charge in [0.2, 0.25) is 11.8 Å². The van der Waals surface area contributed by atoms with Gasteiger partial charge in [-0.05, 0) is 26.2 Å². The zero-order chi connectivity index (χ0) is 14.3. The van der Waals surface area contributed by atoms with Crippen molar-refractivity contribution < 1.29 is 9.59 Å². The molecule has 5 heteroatoms. The third-order valence-corrected chi connectivity index (χ3v) is 3.97. The normalized spacial score (nSPS) is 19.5. The summed E-state index contributed by atoms with van der Waals surface area (Å²) in [5.74, 6) is -0.188. The van der Waals surface area contributed by atoms with Gasteiger partial charge in [0.1, 0.15) is 6.04 Å². The number of carbonyl (C=O) groups excluding carboxylic acids is 2.